The minimum Gasteiger partial charge on any atom is -0.598 e. The number of nitrogens with one attached hydrogen (secondary N) is 1. The first-order chi connectivity index (χ1) is 10.4. The second kappa shape index (κ2) is 8.02. The molecule has 0 saturated carbocycles. The van der Waals surface area contributed by atoms with Gasteiger partial charge in [0.15, 0.2) is 0 Å². The third-order valence-electron chi connectivity index (χ3n) is 2.78. The van der Waals surface area contributed by atoms with Crippen LogP contribution in [-0.4, -0.2) is 27.1 Å². The minimum atomic E-state index is -4.39. The highest BCUT2D eigenvalue weighted by Gasteiger charge is 2.29. The van der Waals surface area contributed by atoms with Gasteiger partial charge in [-0.25, -0.2) is 0 Å². The van der Waals surface area contributed by atoms with E-state index in [1.54, 1.807) is 13.0 Å². The van der Waals surface area contributed by atoms with E-state index >= 15 is 0 Å². The van der Waals surface area contributed by atoms with Gasteiger partial charge in [-0.3, -0.25) is 4.98 Å². The Morgan fingerprint density at radius 3 is 2.48 bits per heavy atom. The second-order valence-corrected chi connectivity index (χ2v) is 8.43. The number of pyridine rings is 1. The van der Waals surface area contributed by atoms with Crippen LogP contribution in [0.15, 0.2) is 12.3 Å². The number of alkyl halides is 3. The number of nitrogens with zero attached hydrogens (tertiary/aromatic N) is 1. The van der Waals surface area contributed by atoms with Gasteiger partial charge >= 0.3 is 6.18 Å². The van der Waals surface area contributed by atoms with Crippen molar-refractivity contribution in [3.05, 3.63) is 28.5 Å². The summed E-state index contributed by atoms with van der Waals surface area (Å²) in [6, 6.07) is 1.31. The molecular weight excluding hydrogens is 353 g/mol. The maximum atomic E-state index is 12.1. The number of rotatable bonds is 6. The van der Waals surface area contributed by atoms with Crippen molar-refractivity contribution in [2.75, 3.05) is 6.61 Å². The molecule has 1 unspecified atom stereocenters. The molecule has 132 valence electrons. The summed E-state index contributed by atoms with van der Waals surface area (Å²) in [6.45, 7) is 5.65. The zero-order valence-corrected chi connectivity index (χ0v) is 14.9. The van der Waals surface area contributed by atoms with Gasteiger partial charge < -0.3 is 9.29 Å². The molecule has 1 N–H and O–H groups in total. The molecule has 23 heavy (non-hydrogen) atoms. The van der Waals surface area contributed by atoms with Crippen LogP contribution in [0, 0.1) is 0 Å². The molecule has 2 atom stereocenters. The van der Waals surface area contributed by atoms with Crippen LogP contribution in [0.2, 0.25) is 5.02 Å². The van der Waals surface area contributed by atoms with Crippen molar-refractivity contribution in [1.82, 2.24) is 9.71 Å². The van der Waals surface area contributed by atoms with Crippen LogP contribution in [0.25, 0.3) is 0 Å². The molecule has 1 aromatic rings. The Kier molecular flexibility index (Phi) is 7.15. The molecular formula is C14H20ClF3N2O2S. The van der Waals surface area contributed by atoms with Crippen LogP contribution in [-0.2, 0) is 22.7 Å². The Hall–Kier alpha value is -0.540. The van der Waals surface area contributed by atoms with E-state index in [4.69, 9.17) is 11.6 Å². The topological polar surface area (TPSA) is 57.2 Å². The van der Waals surface area contributed by atoms with E-state index in [2.05, 4.69) is 14.4 Å². The van der Waals surface area contributed by atoms with E-state index in [-0.39, 0.29) is 23.4 Å². The summed E-state index contributed by atoms with van der Waals surface area (Å²) in [5, 5.41) is 0.208. The van der Waals surface area contributed by atoms with Crippen LogP contribution in [0.1, 0.15) is 45.0 Å². The molecule has 0 bridgehead atoms. The monoisotopic (exact) mass is 372 g/mol. The van der Waals surface area contributed by atoms with Crippen LogP contribution >= 0.6 is 11.6 Å². The van der Waals surface area contributed by atoms with Gasteiger partial charge in [-0.05, 0) is 39.3 Å². The van der Waals surface area contributed by atoms with Gasteiger partial charge in [0.2, 0.25) is 0 Å². The first-order valence-electron chi connectivity index (χ1n) is 6.87. The lowest BCUT2D eigenvalue weighted by Gasteiger charge is -2.26. The fraction of sp³-hybridized carbons (Fsp3) is 0.643. The lowest BCUT2D eigenvalue weighted by Crippen LogP contribution is -2.40. The molecule has 0 aliphatic carbocycles. The first-order valence-corrected chi connectivity index (χ1v) is 8.40. The average Bonchev–Trinajstić information content (AvgIpc) is 2.37. The molecule has 0 amide bonds. The smallest absolute Gasteiger partial charge is 0.411 e. The zero-order valence-electron chi connectivity index (χ0n) is 13.3. The van der Waals surface area contributed by atoms with Crippen molar-refractivity contribution in [3.8, 4) is 0 Å². The number of hydrogen-bond acceptors (Lipinski definition) is 4. The van der Waals surface area contributed by atoms with Crippen molar-refractivity contribution >= 4 is 23.0 Å². The van der Waals surface area contributed by atoms with E-state index in [0.717, 1.165) is 0 Å². The fourth-order valence-corrected chi connectivity index (χ4v) is 2.53. The van der Waals surface area contributed by atoms with Gasteiger partial charge in [0.1, 0.15) is 11.4 Å². The Labute approximate surface area is 142 Å². The van der Waals surface area contributed by atoms with Crippen LogP contribution in [0.5, 0.6) is 0 Å². The number of hydrogen-bond donors (Lipinski definition) is 1. The molecule has 0 fully saturated rings. The molecule has 4 nitrogen and oxygen atoms in total. The third-order valence-corrected chi connectivity index (χ3v) is 4.79. The summed E-state index contributed by atoms with van der Waals surface area (Å²) in [5.41, 5.74) is 0.913. The quantitative estimate of drug-likeness (QED) is 0.769. The molecule has 0 aliphatic heterocycles. The van der Waals surface area contributed by atoms with E-state index in [1.807, 2.05) is 20.8 Å². The predicted molar refractivity (Wildman–Crippen MR) is 84.4 cm³/mol. The highest BCUT2D eigenvalue weighted by atomic mass is 35.5. The van der Waals surface area contributed by atoms with E-state index < -0.39 is 28.9 Å². The van der Waals surface area contributed by atoms with Crippen molar-refractivity contribution < 1.29 is 22.5 Å². The summed E-state index contributed by atoms with van der Waals surface area (Å²) < 4.78 is 55.2. The Balaban J connectivity index is 2.68. The molecule has 0 saturated heterocycles. The third kappa shape index (κ3) is 7.26. The van der Waals surface area contributed by atoms with Crippen LogP contribution < -0.4 is 4.72 Å². The summed E-state index contributed by atoms with van der Waals surface area (Å²) >= 11 is 4.76. The highest BCUT2D eigenvalue weighted by Crippen LogP contribution is 2.24. The first kappa shape index (κ1) is 20.5. The molecule has 1 heterocycles. The van der Waals surface area contributed by atoms with Gasteiger partial charge in [-0.1, -0.05) is 11.6 Å². The molecule has 0 spiro atoms. The van der Waals surface area contributed by atoms with Gasteiger partial charge in [0, 0.05) is 17.6 Å². The maximum Gasteiger partial charge on any atom is 0.411 e. The highest BCUT2D eigenvalue weighted by molar-refractivity contribution is 7.90. The van der Waals surface area contributed by atoms with Gasteiger partial charge in [-0.15, -0.1) is 4.72 Å². The van der Waals surface area contributed by atoms with Crippen molar-refractivity contribution in [2.45, 2.75) is 51.3 Å². The van der Waals surface area contributed by atoms with Crippen molar-refractivity contribution in [2.24, 2.45) is 0 Å². The largest absolute Gasteiger partial charge is 0.598 e. The zero-order chi connectivity index (χ0) is 17.8. The Bertz CT molecular complexity index is 524. The number of halogens is 4. The maximum absolute atomic E-state index is 12.1. The van der Waals surface area contributed by atoms with Crippen molar-refractivity contribution in [1.29, 1.82) is 0 Å². The van der Waals surface area contributed by atoms with Gasteiger partial charge in [-0.2, -0.15) is 13.2 Å². The fourth-order valence-electron chi connectivity index (χ4n) is 1.49. The Morgan fingerprint density at radius 2 is 2.00 bits per heavy atom. The minimum absolute atomic E-state index is 0.208. The molecule has 0 aliphatic rings. The average molecular weight is 373 g/mol. The van der Waals surface area contributed by atoms with E-state index in [1.165, 1.54) is 6.20 Å². The number of ether oxygens (including phenoxy) is 1. The Morgan fingerprint density at radius 1 is 1.39 bits per heavy atom. The lowest BCUT2D eigenvalue weighted by molar-refractivity contribution is -0.176. The standard InChI is InChI=1S/C14H20ClF3N2O2S/c1-9(20-23(21)13(2,3)4)10-5-11(15)12(19-6-10)7-22-8-14(16,17)18/h5-6,9,20H,7-8H2,1-4H3/t9?,23-/m1/s1. The summed E-state index contributed by atoms with van der Waals surface area (Å²) in [5.74, 6) is 0. The van der Waals surface area contributed by atoms with Gasteiger partial charge in [0.05, 0.1) is 23.4 Å². The van der Waals surface area contributed by atoms with Crippen LogP contribution in [0.3, 0.4) is 0 Å². The van der Waals surface area contributed by atoms with Crippen molar-refractivity contribution in [3.63, 3.8) is 0 Å². The molecule has 9 heteroatoms. The van der Waals surface area contributed by atoms with Crippen LogP contribution in [0.4, 0.5) is 13.2 Å². The summed E-state index contributed by atoms with van der Waals surface area (Å²) in [6.07, 6.45) is -2.91. The predicted octanol–water partition coefficient (Wildman–Crippen LogP) is 3.93. The van der Waals surface area contributed by atoms with Gasteiger partial charge in [0.25, 0.3) is 0 Å². The van der Waals surface area contributed by atoms with E-state index in [9.17, 15) is 17.7 Å². The summed E-state index contributed by atoms with van der Waals surface area (Å²) in [7, 11) is 0. The molecule has 0 aromatic carbocycles. The lowest BCUT2D eigenvalue weighted by atomic mass is 10.1. The molecule has 1 aromatic heterocycles. The summed E-state index contributed by atoms with van der Waals surface area (Å²) in [4.78, 5) is 4.03. The number of aromatic nitrogens is 1. The SMILES string of the molecule is CC(N[S@+]([O-])C(C)(C)C)c1cnc(COCC(F)(F)F)c(Cl)c1. The molecule has 1 rings (SSSR count). The second-order valence-electron chi connectivity index (χ2n) is 6.03. The normalized spacial score (nSPS) is 15.5. The molecule has 0 radical (unpaired) electrons. The van der Waals surface area contributed by atoms with E-state index in [0.29, 0.717) is 5.56 Å².